The van der Waals surface area contributed by atoms with Gasteiger partial charge in [0.25, 0.3) is 5.91 Å². The van der Waals surface area contributed by atoms with Crippen LogP contribution in [0.25, 0.3) is 0 Å². The molecule has 0 aliphatic carbocycles. The van der Waals surface area contributed by atoms with E-state index in [2.05, 4.69) is 17.6 Å². The smallest absolute Gasteiger partial charge is 0.257 e. The van der Waals surface area contributed by atoms with Crippen molar-refractivity contribution in [3.8, 4) is 5.75 Å². The Kier molecular flexibility index (Phi) is 7.75. The molecular formula is C20H31N3O3. The number of likely N-dealkylation sites (tertiary alicyclic amines) is 1. The van der Waals surface area contributed by atoms with Crippen LogP contribution in [-0.4, -0.2) is 48.5 Å². The van der Waals surface area contributed by atoms with Crippen molar-refractivity contribution in [2.45, 2.75) is 58.5 Å². The van der Waals surface area contributed by atoms with Crippen molar-refractivity contribution >= 4 is 17.5 Å². The Morgan fingerprint density at radius 3 is 2.62 bits per heavy atom. The van der Waals surface area contributed by atoms with Gasteiger partial charge in [-0.05, 0) is 63.8 Å². The fourth-order valence-electron chi connectivity index (χ4n) is 3.32. The van der Waals surface area contributed by atoms with Crippen molar-refractivity contribution in [2.75, 3.05) is 25.0 Å². The molecule has 2 unspecified atom stereocenters. The minimum Gasteiger partial charge on any atom is -0.484 e. The van der Waals surface area contributed by atoms with Crippen LogP contribution in [-0.2, 0) is 9.59 Å². The number of hydrogen-bond acceptors (Lipinski definition) is 4. The summed E-state index contributed by atoms with van der Waals surface area (Å²) in [6.45, 7) is 7.37. The molecule has 0 bridgehead atoms. The molecule has 2 amide bonds. The molecule has 2 atom stereocenters. The number of carbonyl (C=O) groups is 2. The van der Waals surface area contributed by atoms with Gasteiger partial charge in [0.2, 0.25) is 5.91 Å². The number of amides is 2. The van der Waals surface area contributed by atoms with Gasteiger partial charge in [-0.3, -0.25) is 9.59 Å². The predicted octanol–water partition coefficient (Wildman–Crippen LogP) is 2.79. The highest BCUT2D eigenvalue weighted by atomic mass is 16.5. The topological polar surface area (TPSA) is 70.7 Å². The highest BCUT2D eigenvalue weighted by Gasteiger charge is 2.28. The normalized spacial score (nSPS) is 18.1. The molecule has 1 saturated heterocycles. The summed E-state index contributed by atoms with van der Waals surface area (Å²) in [6, 6.07) is 7.42. The van der Waals surface area contributed by atoms with Crippen molar-refractivity contribution in [2.24, 2.45) is 0 Å². The summed E-state index contributed by atoms with van der Waals surface area (Å²) in [5.74, 6) is 0.650. The van der Waals surface area contributed by atoms with Gasteiger partial charge in [-0.1, -0.05) is 6.92 Å². The third-order valence-corrected chi connectivity index (χ3v) is 4.73. The predicted molar refractivity (Wildman–Crippen MR) is 103 cm³/mol. The lowest BCUT2D eigenvalue weighted by Gasteiger charge is -2.37. The molecule has 1 aromatic carbocycles. The monoisotopic (exact) mass is 361 g/mol. The second-order valence-corrected chi connectivity index (χ2v) is 6.72. The number of rotatable bonds is 8. The van der Waals surface area contributed by atoms with Gasteiger partial charge in [-0.15, -0.1) is 0 Å². The van der Waals surface area contributed by atoms with Gasteiger partial charge in [0, 0.05) is 24.8 Å². The first-order valence-corrected chi connectivity index (χ1v) is 9.61. The Morgan fingerprint density at radius 2 is 1.96 bits per heavy atom. The second kappa shape index (κ2) is 10.0. The zero-order valence-electron chi connectivity index (χ0n) is 16.1. The number of hydrogen-bond donors (Lipinski definition) is 2. The van der Waals surface area contributed by atoms with Gasteiger partial charge < -0.3 is 20.3 Å². The minimum atomic E-state index is -0.274. The van der Waals surface area contributed by atoms with E-state index in [0.717, 1.165) is 31.5 Å². The molecule has 0 radical (unpaired) electrons. The first-order chi connectivity index (χ1) is 12.5. The van der Waals surface area contributed by atoms with Crippen LogP contribution in [0.5, 0.6) is 5.75 Å². The third-order valence-electron chi connectivity index (χ3n) is 4.73. The average Bonchev–Trinajstić information content (AvgIpc) is 2.67. The van der Waals surface area contributed by atoms with Crippen LogP contribution in [0.3, 0.4) is 0 Å². The van der Waals surface area contributed by atoms with E-state index in [9.17, 15) is 9.59 Å². The maximum atomic E-state index is 12.8. The summed E-state index contributed by atoms with van der Waals surface area (Å²) in [5, 5.41) is 5.96. The minimum absolute atomic E-state index is 0.00285. The summed E-state index contributed by atoms with van der Waals surface area (Å²) in [7, 11) is 0. The molecule has 2 rings (SSSR count). The number of nitrogens with zero attached hydrogens (tertiary/aromatic N) is 1. The molecule has 1 fully saturated rings. The van der Waals surface area contributed by atoms with Crippen molar-refractivity contribution in [3.63, 3.8) is 0 Å². The van der Waals surface area contributed by atoms with Crippen LogP contribution in [0, 0.1) is 0 Å². The average molecular weight is 361 g/mol. The number of ether oxygens (including phenoxy) is 1. The Morgan fingerprint density at radius 1 is 1.23 bits per heavy atom. The summed E-state index contributed by atoms with van der Waals surface area (Å²) in [5.41, 5.74) is 0.862. The van der Waals surface area contributed by atoms with Crippen LogP contribution in [0.4, 0.5) is 5.69 Å². The maximum absolute atomic E-state index is 12.8. The van der Waals surface area contributed by atoms with E-state index in [1.54, 1.807) is 12.1 Å². The van der Waals surface area contributed by atoms with Crippen molar-refractivity contribution in [1.82, 2.24) is 10.2 Å². The van der Waals surface area contributed by atoms with Crippen LogP contribution in [0.15, 0.2) is 24.3 Å². The van der Waals surface area contributed by atoms with Crippen LogP contribution >= 0.6 is 0 Å². The first-order valence-electron chi connectivity index (χ1n) is 9.61. The number of nitrogens with one attached hydrogen (secondary N) is 2. The van der Waals surface area contributed by atoms with E-state index >= 15 is 0 Å². The summed E-state index contributed by atoms with van der Waals surface area (Å²) in [4.78, 5) is 26.2. The Hall–Kier alpha value is -2.24. The van der Waals surface area contributed by atoms with Crippen LogP contribution in [0.1, 0.15) is 46.5 Å². The van der Waals surface area contributed by atoms with Gasteiger partial charge in [-0.2, -0.15) is 0 Å². The SMILES string of the molecule is CCNC(=O)COc1ccc(NC(C)C(=O)N2CCCCC2CC)cc1. The maximum Gasteiger partial charge on any atom is 0.257 e. The molecule has 144 valence electrons. The van der Waals surface area contributed by atoms with Crippen molar-refractivity contribution in [1.29, 1.82) is 0 Å². The molecule has 6 nitrogen and oxygen atoms in total. The van der Waals surface area contributed by atoms with Gasteiger partial charge in [-0.25, -0.2) is 0 Å². The lowest BCUT2D eigenvalue weighted by molar-refractivity contribution is -0.135. The summed E-state index contributed by atoms with van der Waals surface area (Å²) in [6.07, 6.45) is 4.41. The van der Waals surface area contributed by atoms with E-state index < -0.39 is 0 Å². The molecule has 1 aliphatic heterocycles. The summed E-state index contributed by atoms with van der Waals surface area (Å²) >= 11 is 0. The highest BCUT2D eigenvalue weighted by molar-refractivity contribution is 5.84. The van der Waals surface area contributed by atoms with Gasteiger partial charge in [0.15, 0.2) is 6.61 Å². The number of benzene rings is 1. The molecule has 26 heavy (non-hydrogen) atoms. The van der Waals surface area contributed by atoms with Crippen LogP contribution < -0.4 is 15.4 Å². The van der Waals surface area contributed by atoms with Gasteiger partial charge >= 0.3 is 0 Å². The lowest BCUT2D eigenvalue weighted by Crippen LogP contribution is -2.49. The molecule has 1 aliphatic rings. The molecule has 6 heteroatoms. The lowest BCUT2D eigenvalue weighted by atomic mass is 9.99. The fourth-order valence-corrected chi connectivity index (χ4v) is 3.32. The Balaban J connectivity index is 1.87. The second-order valence-electron chi connectivity index (χ2n) is 6.72. The molecule has 1 heterocycles. The number of carbonyl (C=O) groups excluding carboxylic acids is 2. The summed E-state index contributed by atoms with van der Waals surface area (Å²) < 4.78 is 5.44. The zero-order chi connectivity index (χ0) is 18.9. The molecule has 2 N–H and O–H groups in total. The van der Waals surface area contributed by atoms with E-state index in [0.29, 0.717) is 18.3 Å². The van der Waals surface area contributed by atoms with E-state index in [-0.39, 0.29) is 24.5 Å². The molecule has 0 saturated carbocycles. The quantitative estimate of drug-likeness (QED) is 0.747. The largest absolute Gasteiger partial charge is 0.484 e. The standard InChI is InChI=1S/C20H31N3O3/c1-4-17-8-6-7-13-23(17)20(25)15(3)22-16-9-11-18(12-10-16)26-14-19(24)21-5-2/h9-12,15,17,22H,4-8,13-14H2,1-3H3,(H,21,24). The Bertz CT molecular complexity index is 588. The molecule has 0 aromatic heterocycles. The van der Waals surface area contributed by atoms with E-state index in [1.807, 2.05) is 30.9 Å². The third kappa shape index (κ3) is 5.64. The highest BCUT2D eigenvalue weighted by Crippen LogP contribution is 2.22. The molecule has 1 aromatic rings. The van der Waals surface area contributed by atoms with Crippen molar-refractivity contribution < 1.29 is 14.3 Å². The van der Waals surface area contributed by atoms with Gasteiger partial charge in [0.1, 0.15) is 11.8 Å². The van der Waals surface area contributed by atoms with Crippen LogP contribution in [0.2, 0.25) is 0 Å². The van der Waals surface area contributed by atoms with Crippen molar-refractivity contribution in [3.05, 3.63) is 24.3 Å². The fraction of sp³-hybridized carbons (Fsp3) is 0.600. The molecule has 0 spiro atoms. The van der Waals surface area contributed by atoms with E-state index in [1.165, 1.54) is 6.42 Å². The molecular weight excluding hydrogens is 330 g/mol. The number of piperidine rings is 1. The number of anilines is 1. The van der Waals surface area contributed by atoms with E-state index in [4.69, 9.17) is 4.74 Å². The number of likely N-dealkylation sites (N-methyl/N-ethyl adjacent to an activating group) is 1. The first kappa shape index (κ1) is 20.1. The van der Waals surface area contributed by atoms with Gasteiger partial charge in [0.05, 0.1) is 0 Å². The zero-order valence-corrected chi connectivity index (χ0v) is 16.1. The Labute approximate surface area is 156 Å².